The average Bonchev–Trinajstić information content (AvgIpc) is 2.36. The Morgan fingerprint density at radius 3 is 2.70 bits per heavy atom. The first kappa shape index (κ1) is 16.1. The minimum Gasteiger partial charge on any atom is -0.466 e. The van der Waals surface area contributed by atoms with Crippen LogP contribution in [0.25, 0.3) is 0 Å². The molecule has 0 saturated heterocycles. The lowest BCUT2D eigenvalue weighted by molar-refractivity contribution is -0.148. The van der Waals surface area contributed by atoms with E-state index in [2.05, 4.69) is 6.58 Å². The second kappa shape index (κ2) is 7.62. The highest BCUT2D eigenvalue weighted by Crippen LogP contribution is 2.27. The van der Waals surface area contributed by atoms with E-state index in [-0.39, 0.29) is 24.6 Å². The molecule has 0 fully saturated rings. The van der Waals surface area contributed by atoms with Crippen molar-refractivity contribution in [3.63, 3.8) is 0 Å². The molecule has 0 aliphatic heterocycles. The zero-order chi connectivity index (χ0) is 15.1. The first-order valence-corrected chi connectivity index (χ1v) is 6.71. The quantitative estimate of drug-likeness (QED) is 0.551. The van der Waals surface area contributed by atoms with E-state index in [1.54, 1.807) is 13.0 Å². The predicted octanol–water partition coefficient (Wildman–Crippen LogP) is 2.31. The summed E-state index contributed by atoms with van der Waals surface area (Å²) in [6, 6.07) is 0. The molecule has 0 N–H and O–H groups in total. The molecule has 0 aromatic heterocycles. The van der Waals surface area contributed by atoms with Crippen molar-refractivity contribution in [1.29, 1.82) is 0 Å². The Bertz CT molecular complexity index is 447. The van der Waals surface area contributed by atoms with E-state index in [0.29, 0.717) is 12.0 Å². The van der Waals surface area contributed by atoms with Gasteiger partial charge in [0.05, 0.1) is 12.5 Å². The molecule has 20 heavy (non-hydrogen) atoms. The number of esters is 2. The van der Waals surface area contributed by atoms with Crippen molar-refractivity contribution < 1.29 is 23.9 Å². The van der Waals surface area contributed by atoms with Gasteiger partial charge >= 0.3 is 11.9 Å². The van der Waals surface area contributed by atoms with Gasteiger partial charge < -0.3 is 9.47 Å². The normalized spacial score (nSPS) is 16.1. The maximum atomic E-state index is 12.0. The molecule has 5 nitrogen and oxygen atoms in total. The van der Waals surface area contributed by atoms with Gasteiger partial charge in [0.25, 0.3) is 0 Å². The third kappa shape index (κ3) is 4.64. The molecule has 1 unspecified atom stereocenters. The minimum absolute atomic E-state index is 0.0510. The lowest BCUT2D eigenvalue weighted by Crippen LogP contribution is -2.26. The van der Waals surface area contributed by atoms with Crippen LogP contribution in [0.1, 0.15) is 39.5 Å². The summed E-state index contributed by atoms with van der Waals surface area (Å²) < 4.78 is 9.85. The van der Waals surface area contributed by atoms with Crippen molar-refractivity contribution >= 4 is 17.7 Å². The number of Topliss-reactive ketones (excluding diaryl/α,β-unsaturated/α-hetero) is 1. The Labute approximate surface area is 118 Å². The summed E-state index contributed by atoms with van der Waals surface area (Å²) >= 11 is 0. The second-order valence-electron chi connectivity index (χ2n) is 4.62. The Morgan fingerprint density at radius 2 is 2.15 bits per heavy atom. The van der Waals surface area contributed by atoms with Crippen LogP contribution in [0.4, 0.5) is 0 Å². The van der Waals surface area contributed by atoms with Gasteiger partial charge in [0, 0.05) is 25.3 Å². The van der Waals surface area contributed by atoms with Crippen molar-refractivity contribution in [2.45, 2.75) is 39.5 Å². The van der Waals surface area contributed by atoms with Gasteiger partial charge in [0.1, 0.15) is 5.76 Å². The molecular formula is C15H20O5. The molecule has 0 radical (unpaired) electrons. The first-order valence-electron chi connectivity index (χ1n) is 6.71. The Kier molecular flexibility index (Phi) is 6.15. The van der Waals surface area contributed by atoms with E-state index in [1.807, 2.05) is 0 Å². The molecule has 0 aromatic rings. The molecule has 1 rings (SSSR count). The Morgan fingerprint density at radius 1 is 1.45 bits per heavy atom. The number of rotatable bonds is 6. The molecule has 1 aliphatic carbocycles. The maximum Gasteiger partial charge on any atom is 0.313 e. The molecule has 0 saturated carbocycles. The molecule has 110 valence electrons. The van der Waals surface area contributed by atoms with Gasteiger partial charge in [-0.25, -0.2) is 0 Å². The summed E-state index contributed by atoms with van der Waals surface area (Å²) in [6.45, 7) is 6.80. The van der Waals surface area contributed by atoms with Crippen LogP contribution < -0.4 is 0 Å². The topological polar surface area (TPSA) is 69.7 Å². The summed E-state index contributed by atoms with van der Waals surface area (Å²) in [6.07, 6.45) is 3.84. The first-order chi connectivity index (χ1) is 9.45. The molecule has 1 atom stereocenters. The van der Waals surface area contributed by atoms with Gasteiger partial charge in [-0.15, -0.1) is 0 Å². The molecule has 0 aromatic carbocycles. The monoisotopic (exact) mass is 280 g/mol. The highest BCUT2D eigenvalue weighted by Gasteiger charge is 2.31. The zero-order valence-corrected chi connectivity index (χ0v) is 11.9. The number of allylic oxidation sites excluding steroid dienone is 2. The van der Waals surface area contributed by atoms with E-state index >= 15 is 0 Å². The standard InChI is InChI=1S/C15H20O5/c1-4-19-15(18)13(9-10(2)20-11(3)16)12-7-5-6-8-14(12)17/h7,13H,2,4-6,8-9H2,1,3H3. The van der Waals surface area contributed by atoms with Crippen LogP contribution in [0.15, 0.2) is 24.0 Å². The molecule has 0 heterocycles. The third-order valence-electron chi connectivity index (χ3n) is 2.96. The van der Waals surface area contributed by atoms with Crippen LogP contribution in [-0.2, 0) is 23.9 Å². The van der Waals surface area contributed by atoms with E-state index in [4.69, 9.17) is 9.47 Å². The van der Waals surface area contributed by atoms with Gasteiger partial charge in [0.2, 0.25) is 0 Å². The highest BCUT2D eigenvalue weighted by atomic mass is 16.5. The van der Waals surface area contributed by atoms with Gasteiger partial charge in [-0.2, -0.15) is 0 Å². The van der Waals surface area contributed by atoms with Crippen LogP contribution >= 0.6 is 0 Å². The summed E-state index contributed by atoms with van der Waals surface area (Å²) in [4.78, 5) is 34.8. The lowest BCUT2D eigenvalue weighted by atomic mass is 9.86. The van der Waals surface area contributed by atoms with Crippen molar-refractivity contribution in [2.24, 2.45) is 5.92 Å². The summed E-state index contributed by atoms with van der Waals surface area (Å²) in [5, 5.41) is 0. The number of ether oxygens (including phenoxy) is 2. The third-order valence-corrected chi connectivity index (χ3v) is 2.96. The fourth-order valence-corrected chi connectivity index (χ4v) is 2.15. The maximum absolute atomic E-state index is 12.0. The van der Waals surface area contributed by atoms with E-state index in [9.17, 15) is 14.4 Å². The largest absolute Gasteiger partial charge is 0.466 e. The van der Waals surface area contributed by atoms with Gasteiger partial charge in [-0.3, -0.25) is 14.4 Å². The number of hydrogen-bond acceptors (Lipinski definition) is 5. The number of ketones is 1. The molecule has 0 spiro atoms. The molecule has 5 heteroatoms. The van der Waals surface area contributed by atoms with Crippen LogP contribution in [0.5, 0.6) is 0 Å². The molecule has 0 bridgehead atoms. The second-order valence-corrected chi connectivity index (χ2v) is 4.62. The van der Waals surface area contributed by atoms with E-state index in [0.717, 1.165) is 12.8 Å². The number of hydrogen-bond donors (Lipinski definition) is 0. The SMILES string of the molecule is C=C(CC(C(=O)OCC)C1=CCCCC1=O)OC(C)=O. The van der Waals surface area contributed by atoms with Crippen LogP contribution in [0, 0.1) is 5.92 Å². The van der Waals surface area contributed by atoms with E-state index in [1.165, 1.54) is 6.92 Å². The summed E-state index contributed by atoms with van der Waals surface area (Å²) in [5.74, 6) is -1.61. The molecular weight excluding hydrogens is 260 g/mol. The number of carbonyl (C=O) groups excluding carboxylic acids is 3. The zero-order valence-electron chi connectivity index (χ0n) is 11.9. The summed E-state index contributed by atoms with van der Waals surface area (Å²) in [5.41, 5.74) is 0.447. The van der Waals surface area contributed by atoms with Gasteiger partial charge in [0.15, 0.2) is 5.78 Å². The van der Waals surface area contributed by atoms with Crippen molar-refractivity contribution in [3.05, 3.63) is 24.0 Å². The average molecular weight is 280 g/mol. The van der Waals surface area contributed by atoms with Crippen molar-refractivity contribution in [2.75, 3.05) is 6.61 Å². The molecule has 0 amide bonds. The smallest absolute Gasteiger partial charge is 0.313 e. The lowest BCUT2D eigenvalue weighted by Gasteiger charge is -2.21. The predicted molar refractivity (Wildman–Crippen MR) is 72.6 cm³/mol. The number of carbonyl (C=O) groups is 3. The van der Waals surface area contributed by atoms with Crippen LogP contribution in [-0.4, -0.2) is 24.3 Å². The Hall–Kier alpha value is -1.91. The minimum atomic E-state index is -0.741. The summed E-state index contributed by atoms with van der Waals surface area (Å²) in [7, 11) is 0. The van der Waals surface area contributed by atoms with Gasteiger partial charge in [-0.1, -0.05) is 12.7 Å². The van der Waals surface area contributed by atoms with Crippen molar-refractivity contribution in [3.8, 4) is 0 Å². The van der Waals surface area contributed by atoms with Gasteiger partial charge in [-0.05, 0) is 19.8 Å². The van der Waals surface area contributed by atoms with Crippen molar-refractivity contribution in [1.82, 2.24) is 0 Å². The molecule has 1 aliphatic rings. The Balaban J connectivity index is 2.87. The van der Waals surface area contributed by atoms with E-state index < -0.39 is 17.9 Å². The van der Waals surface area contributed by atoms with Crippen LogP contribution in [0.3, 0.4) is 0 Å². The fourth-order valence-electron chi connectivity index (χ4n) is 2.15. The highest BCUT2D eigenvalue weighted by molar-refractivity contribution is 6.01. The van der Waals surface area contributed by atoms with Crippen LogP contribution in [0.2, 0.25) is 0 Å². The fraction of sp³-hybridized carbons (Fsp3) is 0.533.